The maximum absolute atomic E-state index is 5.72. The molecule has 0 saturated heterocycles. The second-order valence-corrected chi connectivity index (χ2v) is 3.91. The fourth-order valence-corrected chi connectivity index (χ4v) is 1.92. The number of pyridine rings is 1. The average Bonchev–Trinajstić information content (AvgIpc) is 2.53. The first-order valence-electron chi connectivity index (χ1n) is 3.80. The van der Waals surface area contributed by atoms with Crippen LogP contribution in [0.25, 0.3) is 10.6 Å². The average molecular weight is 211 g/mol. The van der Waals surface area contributed by atoms with Crippen molar-refractivity contribution >= 4 is 22.9 Å². The molecule has 0 spiro atoms. The Morgan fingerprint density at radius 2 is 2.23 bits per heavy atom. The molecule has 0 unspecified atom stereocenters. The van der Waals surface area contributed by atoms with Crippen molar-refractivity contribution in [3.63, 3.8) is 0 Å². The minimum absolute atomic E-state index is 0.542. The molecule has 4 heteroatoms. The van der Waals surface area contributed by atoms with Gasteiger partial charge < -0.3 is 0 Å². The molecule has 0 fully saturated rings. The smallest absolute Gasteiger partial charge is 0.140 e. The van der Waals surface area contributed by atoms with Gasteiger partial charge in [0, 0.05) is 22.8 Å². The summed E-state index contributed by atoms with van der Waals surface area (Å²) < 4.78 is 0. The molecule has 2 aromatic rings. The zero-order valence-corrected chi connectivity index (χ0v) is 8.56. The summed E-state index contributed by atoms with van der Waals surface area (Å²) in [5.41, 5.74) is 2.02. The first-order valence-corrected chi connectivity index (χ1v) is 5.05. The van der Waals surface area contributed by atoms with Gasteiger partial charge in [-0.25, -0.2) is 4.98 Å². The Balaban J connectivity index is 2.41. The second kappa shape index (κ2) is 3.44. The quantitative estimate of drug-likeness (QED) is 0.723. The summed E-state index contributed by atoms with van der Waals surface area (Å²) >= 11 is 7.25. The second-order valence-electron chi connectivity index (χ2n) is 2.66. The number of aryl methyl sites for hydroxylation is 1. The van der Waals surface area contributed by atoms with Crippen LogP contribution in [0.15, 0.2) is 23.7 Å². The first kappa shape index (κ1) is 8.66. The number of rotatable bonds is 1. The highest BCUT2D eigenvalue weighted by Crippen LogP contribution is 2.24. The molecule has 0 radical (unpaired) electrons. The van der Waals surface area contributed by atoms with Crippen molar-refractivity contribution in [1.82, 2.24) is 9.97 Å². The lowest BCUT2D eigenvalue weighted by Gasteiger charge is -1.94. The van der Waals surface area contributed by atoms with Crippen molar-refractivity contribution in [2.45, 2.75) is 6.92 Å². The summed E-state index contributed by atoms with van der Waals surface area (Å²) in [6, 6.07) is 3.96. The van der Waals surface area contributed by atoms with Crippen LogP contribution >= 0.6 is 22.9 Å². The highest BCUT2D eigenvalue weighted by Gasteiger charge is 2.02. The maximum Gasteiger partial charge on any atom is 0.140 e. The lowest BCUT2D eigenvalue weighted by molar-refractivity contribution is 1.20. The number of hydrogen-bond donors (Lipinski definition) is 0. The minimum Gasteiger partial charge on any atom is -0.261 e. The Morgan fingerprint density at radius 3 is 2.77 bits per heavy atom. The zero-order valence-electron chi connectivity index (χ0n) is 6.99. The Labute approximate surface area is 85.2 Å². The molecule has 0 aliphatic heterocycles. The van der Waals surface area contributed by atoms with E-state index in [0.29, 0.717) is 5.15 Å². The molecule has 0 aromatic carbocycles. The molecule has 2 nitrogen and oxygen atoms in total. The van der Waals surface area contributed by atoms with Crippen molar-refractivity contribution in [2.24, 2.45) is 0 Å². The van der Waals surface area contributed by atoms with Gasteiger partial charge in [-0.2, -0.15) is 0 Å². The Bertz CT molecular complexity index is 408. The van der Waals surface area contributed by atoms with E-state index < -0.39 is 0 Å². The van der Waals surface area contributed by atoms with Crippen LogP contribution in [0.5, 0.6) is 0 Å². The molecule has 13 heavy (non-hydrogen) atoms. The zero-order chi connectivity index (χ0) is 9.26. The third kappa shape index (κ3) is 1.87. The van der Waals surface area contributed by atoms with E-state index in [1.165, 1.54) is 11.3 Å². The third-order valence-electron chi connectivity index (χ3n) is 1.63. The molecule has 2 rings (SSSR count). The monoisotopic (exact) mass is 210 g/mol. The van der Waals surface area contributed by atoms with Crippen LogP contribution in [0.1, 0.15) is 5.69 Å². The van der Waals surface area contributed by atoms with Crippen molar-refractivity contribution in [1.29, 1.82) is 0 Å². The Morgan fingerprint density at radius 1 is 1.38 bits per heavy atom. The summed E-state index contributed by atoms with van der Waals surface area (Å²) in [5, 5.41) is 3.27. The molecule has 66 valence electrons. The molecule has 0 aliphatic carbocycles. The molecule has 2 aromatic heterocycles. The molecule has 0 atom stereocenters. The topological polar surface area (TPSA) is 25.8 Å². The van der Waals surface area contributed by atoms with E-state index in [1.807, 2.05) is 30.6 Å². The molecule has 0 saturated carbocycles. The van der Waals surface area contributed by atoms with E-state index in [9.17, 15) is 0 Å². The first-order chi connectivity index (χ1) is 6.25. The summed E-state index contributed by atoms with van der Waals surface area (Å²) in [6.45, 7) is 1.96. The van der Waals surface area contributed by atoms with Crippen LogP contribution in [-0.2, 0) is 0 Å². The van der Waals surface area contributed by atoms with Crippen molar-refractivity contribution in [3.05, 3.63) is 34.6 Å². The standard InChI is InChI=1S/C9H7ClN2S/c1-6-2-3-7(4-11-6)9-12-8(10)5-13-9/h2-5H,1H3. The summed E-state index contributed by atoms with van der Waals surface area (Å²) in [4.78, 5) is 8.34. The van der Waals surface area contributed by atoms with Crippen LogP contribution in [-0.4, -0.2) is 9.97 Å². The van der Waals surface area contributed by atoms with E-state index in [4.69, 9.17) is 11.6 Å². The van der Waals surface area contributed by atoms with Gasteiger partial charge in [-0.15, -0.1) is 11.3 Å². The lowest BCUT2D eigenvalue weighted by Crippen LogP contribution is -1.81. The van der Waals surface area contributed by atoms with Crippen molar-refractivity contribution in [2.75, 3.05) is 0 Å². The molecule has 2 heterocycles. The van der Waals surface area contributed by atoms with Gasteiger partial charge in [0.2, 0.25) is 0 Å². The predicted octanol–water partition coefficient (Wildman–Crippen LogP) is 3.17. The largest absolute Gasteiger partial charge is 0.261 e. The number of hydrogen-bond acceptors (Lipinski definition) is 3. The summed E-state index contributed by atoms with van der Waals surface area (Å²) in [7, 11) is 0. The SMILES string of the molecule is Cc1ccc(-c2nc(Cl)cs2)cn1. The van der Waals surface area contributed by atoms with Gasteiger partial charge in [0.05, 0.1) is 0 Å². The van der Waals surface area contributed by atoms with E-state index in [0.717, 1.165) is 16.3 Å². The van der Waals surface area contributed by atoms with Crippen LogP contribution < -0.4 is 0 Å². The van der Waals surface area contributed by atoms with Gasteiger partial charge in [0.15, 0.2) is 0 Å². The number of thiazole rings is 1. The van der Waals surface area contributed by atoms with Gasteiger partial charge in [-0.1, -0.05) is 11.6 Å². The molecule has 0 N–H and O–H groups in total. The van der Waals surface area contributed by atoms with Crippen LogP contribution in [0.2, 0.25) is 5.15 Å². The number of nitrogens with zero attached hydrogens (tertiary/aromatic N) is 2. The normalized spacial score (nSPS) is 10.3. The van der Waals surface area contributed by atoms with Crippen LogP contribution in [0.4, 0.5) is 0 Å². The van der Waals surface area contributed by atoms with Gasteiger partial charge in [0.1, 0.15) is 10.2 Å². The van der Waals surface area contributed by atoms with Gasteiger partial charge >= 0.3 is 0 Å². The van der Waals surface area contributed by atoms with E-state index >= 15 is 0 Å². The van der Waals surface area contributed by atoms with Gasteiger partial charge in [0.25, 0.3) is 0 Å². The molecular weight excluding hydrogens is 204 g/mol. The molecule has 0 amide bonds. The minimum atomic E-state index is 0.542. The van der Waals surface area contributed by atoms with E-state index in [1.54, 1.807) is 0 Å². The molecule has 0 bridgehead atoms. The summed E-state index contributed by atoms with van der Waals surface area (Å²) in [5.74, 6) is 0. The molecule has 0 aliphatic rings. The lowest BCUT2D eigenvalue weighted by atomic mass is 10.3. The Kier molecular flexibility index (Phi) is 2.29. The maximum atomic E-state index is 5.72. The van der Waals surface area contributed by atoms with Gasteiger partial charge in [-0.05, 0) is 19.1 Å². The number of aromatic nitrogens is 2. The number of halogens is 1. The fourth-order valence-electron chi connectivity index (χ4n) is 0.981. The van der Waals surface area contributed by atoms with Crippen molar-refractivity contribution in [3.8, 4) is 10.6 Å². The Hall–Kier alpha value is -0.930. The fraction of sp³-hybridized carbons (Fsp3) is 0.111. The van der Waals surface area contributed by atoms with Gasteiger partial charge in [-0.3, -0.25) is 4.98 Å². The molecular formula is C9H7ClN2S. The predicted molar refractivity (Wildman–Crippen MR) is 55.1 cm³/mol. The van der Waals surface area contributed by atoms with E-state index in [2.05, 4.69) is 9.97 Å². The van der Waals surface area contributed by atoms with E-state index in [-0.39, 0.29) is 0 Å². The van der Waals surface area contributed by atoms with Crippen LogP contribution in [0.3, 0.4) is 0 Å². The van der Waals surface area contributed by atoms with Crippen molar-refractivity contribution < 1.29 is 0 Å². The highest BCUT2D eigenvalue weighted by atomic mass is 35.5. The summed E-state index contributed by atoms with van der Waals surface area (Å²) in [6.07, 6.45) is 1.81. The third-order valence-corrected chi connectivity index (χ3v) is 2.85. The van der Waals surface area contributed by atoms with Crippen LogP contribution in [0, 0.1) is 6.92 Å². The highest BCUT2D eigenvalue weighted by molar-refractivity contribution is 7.13.